The molecule has 0 saturated heterocycles. The Morgan fingerprint density at radius 3 is 2.38 bits per heavy atom. The topological polar surface area (TPSA) is 50.2 Å². The number of pyridine rings is 1. The first-order valence-corrected chi connectivity index (χ1v) is 14.4. The van der Waals surface area contributed by atoms with Crippen LogP contribution in [0.3, 0.4) is 0 Å². The van der Waals surface area contributed by atoms with Gasteiger partial charge >= 0.3 is 0 Å². The molecule has 2 fully saturated rings. The molecular weight excluding hydrogens is 659 g/mol. The first kappa shape index (κ1) is 31.2. The number of allylic oxidation sites excluding steroid dienone is 2. The van der Waals surface area contributed by atoms with Crippen molar-refractivity contribution < 1.29 is 30.0 Å². The summed E-state index contributed by atoms with van der Waals surface area (Å²) in [5.74, 6) is 3.68. The summed E-state index contributed by atoms with van der Waals surface area (Å²) in [7, 11) is 0. The molecule has 3 unspecified atom stereocenters. The van der Waals surface area contributed by atoms with Gasteiger partial charge < -0.3 is 10.1 Å². The standard InChI is InChI=1S/C24H24N.C11H20O2.Ir/c1-15-9-16(2)11-21(10-15)24-22-6-5-19(14-20(22)7-8-25-24)23-13-17-3-4-18(23)12-17;1-8(2)5-10(12)7-11(13)6-9(3)4;/h5-10,14,17-18,23H,3-4,12-13H2,1-2H3;7-9,12H,5-6H2,1-4H3;/q-1;;/b;10-7-;. The van der Waals surface area contributed by atoms with Gasteiger partial charge in [0.05, 0.1) is 5.76 Å². The summed E-state index contributed by atoms with van der Waals surface area (Å²) < 4.78 is 0. The number of hydrogen-bond donors (Lipinski definition) is 1. The average Bonchev–Trinajstić information content (AvgIpc) is 3.46. The molecule has 2 bridgehead atoms. The molecule has 2 aliphatic rings. The van der Waals surface area contributed by atoms with Crippen molar-refractivity contribution in [2.24, 2.45) is 23.7 Å². The van der Waals surface area contributed by atoms with Crippen LogP contribution < -0.4 is 0 Å². The van der Waals surface area contributed by atoms with E-state index in [9.17, 15) is 9.90 Å². The largest absolute Gasteiger partial charge is 0.512 e. The average molecular weight is 703 g/mol. The van der Waals surface area contributed by atoms with Crippen LogP contribution in [0.5, 0.6) is 0 Å². The summed E-state index contributed by atoms with van der Waals surface area (Å²) >= 11 is 0. The van der Waals surface area contributed by atoms with E-state index in [1.54, 1.807) is 5.56 Å². The molecule has 1 aromatic heterocycles. The van der Waals surface area contributed by atoms with Crippen LogP contribution in [0.1, 0.15) is 88.8 Å². The molecule has 2 aliphatic carbocycles. The number of ketones is 1. The van der Waals surface area contributed by atoms with E-state index >= 15 is 0 Å². The zero-order valence-corrected chi connectivity index (χ0v) is 26.8. The van der Waals surface area contributed by atoms with Gasteiger partial charge in [0.2, 0.25) is 0 Å². The molecule has 5 rings (SSSR count). The van der Waals surface area contributed by atoms with Gasteiger partial charge in [-0.2, -0.15) is 0 Å². The molecule has 1 heterocycles. The molecule has 0 amide bonds. The predicted octanol–water partition coefficient (Wildman–Crippen LogP) is 9.31. The zero-order valence-electron chi connectivity index (χ0n) is 24.4. The number of aliphatic hydroxyl groups excluding tert-OH is 1. The van der Waals surface area contributed by atoms with Gasteiger partial charge in [0.15, 0.2) is 5.78 Å². The second-order valence-corrected chi connectivity index (χ2v) is 12.5. The van der Waals surface area contributed by atoms with Crippen molar-refractivity contribution in [2.45, 2.75) is 86.0 Å². The summed E-state index contributed by atoms with van der Waals surface area (Å²) in [4.78, 5) is 15.9. The number of aliphatic hydroxyl groups is 1. The Kier molecular flexibility index (Phi) is 11.1. The minimum Gasteiger partial charge on any atom is -0.512 e. The van der Waals surface area contributed by atoms with Crippen molar-refractivity contribution in [2.75, 3.05) is 0 Å². The molecule has 2 saturated carbocycles. The van der Waals surface area contributed by atoms with Crippen LogP contribution in [0.15, 0.2) is 54.4 Å². The van der Waals surface area contributed by atoms with Crippen LogP contribution in [0.25, 0.3) is 22.0 Å². The minimum absolute atomic E-state index is 0. The van der Waals surface area contributed by atoms with E-state index in [-0.39, 0.29) is 31.6 Å². The Morgan fingerprint density at radius 2 is 1.77 bits per heavy atom. The minimum atomic E-state index is 0. The van der Waals surface area contributed by atoms with Crippen molar-refractivity contribution in [1.29, 1.82) is 0 Å². The summed E-state index contributed by atoms with van der Waals surface area (Å²) in [6, 6.07) is 17.1. The first-order valence-electron chi connectivity index (χ1n) is 14.4. The van der Waals surface area contributed by atoms with Crippen LogP contribution in [-0.2, 0) is 24.9 Å². The molecule has 2 aromatic carbocycles. The van der Waals surface area contributed by atoms with Gasteiger partial charge in [-0.25, -0.2) is 0 Å². The molecule has 3 nitrogen and oxygen atoms in total. The van der Waals surface area contributed by atoms with Crippen LogP contribution in [0.2, 0.25) is 0 Å². The number of aryl methyl sites for hydroxylation is 2. The number of fused-ring (bicyclic) bond motifs is 3. The Bertz CT molecular complexity index is 1290. The molecule has 0 aliphatic heterocycles. The van der Waals surface area contributed by atoms with E-state index in [2.05, 4.69) is 56.3 Å². The number of carbonyl (C=O) groups is 1. The third-order valence-electron chi connectivity index (χ3n) is 7.91. The van der Waals surface area contributed by atoms with Crippen molar-refractivity contribution in [3.05, 3.63) is 77.2 Å². The first-order chi connectivity index (χ1) is 18.1. The Labute approximate surface area is 248 Å². The smallest absolute Gasteiger partial charge is 0.159 e. The number of rotatable bonds is 7. The second kappa shape index (κ2) is 13.9. The van der Waals surface area contributed by atoms with Crippen molar-refractivity contribution in [3.63, 3.8) is 0 Å². The zero-order chi connectivity index (χ0) is 27.4. The fourth-order valence-corrected chi connectivity index (χ4v) is 6.44. The van der Waals surface area contributed by atoms with Gasteiger partial charge in [-0.1, -0.05) is 66.2 Å². The van der Waals surface area contributed by atoms with E-state index < -0.39 is 0 Å². The molecule has 1 radical (unpaired) electrons. The molecule has 1 N–H and O–H groups in total. The SMILES string of the molecule is CC(C)CC(=O)/C=C(\O)CC(C)C.Cc1[c-]c(-c2nccc3cc(C4CC5CCC4C5)ccc23)cc(C)c1.[Ir]. The summed E-state index contributed by atoms with van der Waals surface area (Å²) in [6.45, 7) is 12.3. The maximum atomic E-state index is 11.2. The van der Waals surface area contributed by atoms with Crippen LogP contribution in [0, 0.1) is 43.6 Å². The maximum Gasteiger partial charge on any atom is 0.159 e. The van der Waals surface area contributed by atoms with E-state index in [1.165, 1.54) is 53.7 Å². The van der Waals surface area contributed by atoms with Gasteiger partial charge in [0, 0.05) is 45.2 Å². The molecule has 4 heteroatoms. The molecule has 0 spiro atoms. The predicted molar refractivity (Wildman–Crippen MR) is 158 cm³/mol. The van der Waals surface area contributed by atoms with Gasteiger partial charge in [-0.05, 0) is 76.9 Å². The summed E-state index contributed by atoms with van der Waals surface area (Å²) in [5, 5.41) is 11.9. The molecule has 3 atom stereocenters. The van der Waals surface area contributed by atoms with E-state index in [4.69, 9.17) is 4.98 Å². The fraction of sp³-hybridized carbons (Fsp3) is 0.486. The van der Waals surface area contributed by atoms with E-state index in [0.717, 1.165) is 29.0 Å². The van der Waals surface area contributed by atoms with E-state index in [1.807, 2.05) is 33.9 Å². The number of hydrogen-bond acceptors (Lipinski definition) is 3. The Hall–Kier alpha value is -2.29. The molecular formula is C35H44IrNO2-. The van der Waals surface area contributed by atoms with Crippen molar-refractivity contribution in [3.8, 4) is 11.3 Å². The van der Waals surface area contributed by atoms with E-state index in [0.29, 0.717) is 24.7 Å². The Balaban J connectivity index is 0.000000260. The number of benzene rings is 2. The normalized spacial score (nSPS) is 20.2. The molecule has 39 heavy (non-hydrogen) atoms. The number of carbonyl (C=O) groups excluding carboxylic acids is 1. The Morgan fingerprint density at radius 1 is 1.03 bits per heavy atom. The van der Waals surface area contributed by atoms with Crippen LogP contribution in [0.4, 0.5) is 0 Å². The maximum absolute atomic E-state index is 11.2. The summed E-state index contributed by atoms with van der Waals surface area (Å²) in [5.41, 5.74) is 6.15. The van der Waals surface area contributed by atoms with Crippen molar-refractivity contribution in [1.82, 2.24) is 4.98 Å². The fourth-order valence-electron chi connectivity index (χ4n) is 6.44. The van der Waals surface area contributed by atoms with Gasteiger partial charge in [-0.3, -0.25) is 4.79 Å². The third kappa shape index (κ3) is 8.35. The molecule has 211 valence electrons. The third-order valence-corrected chi connectivity index (χ3v) is 7.91. The van der Waals surface area contributed by atoms with Crippen molar-refractivity contribution >= 4 is 16.6 Å². The second-order valence-electron chi connectivity index (χ2n) is 12.5. The molecule has 3 aromatic rings. The van der Waals surface area contributed by atoms with Gasteiger partial charge in [0.1, 0.15) is 0 Å². The number of nitrogens with zero attached hydrogens (tertiary/aromatic N) is 1. The van der Waals surface area contributed by atoms with Gasteiger partial charge in [-0.15, -0.1) is 34.9 Å². The number of aromatic nitrogens is 1. The summed E-state index contributed by atoms with van der Waals surface area (Å²) in [6.07, 6.45) is 10.2. The quantitative estimate of drug-likeness (QED) is 0.152. The van der Waals surface area contributed by atoms with Crippen LogP contribution >= 0.6 is 0 Å². The van der Waals surface area contributed by atoms with Gasteiger partial charge in [0.25, 0.3) is 0 Å². The monoisotopic (exact) mass is 703 g/mol. The van der Waals surface area contributed by atoms with Crippen LogP contribution in [-0.4, -0.2) is 15.9 Å².